The largest absolute Gasteiger partial charge is 0.357 e. The van der Waals surface area contributed by atoms with Gasteiger partial charge >= 0.3 is 0 Å². The summed E-state index contributed by atoms with van der Waals surface area (Å²) in [6.07, 6.45) is 1.21. The van der Waals surface area contributed by atoms with Crippen LogP contribution in [0.15, 0.2) is 22.7 Å². The normalized spacial score (nSPS) is 14.0. The molecule has 2 amide bonds. The van der Waals surface area contributed by atoms with Crippen LogP contribution in [0.1, 0.15) is 24.6 Å². The number of hydrogen-bond donors (Lipinski definition) is 2. The molecule has 1 aromatic carbocycles. The summed E-state index contributed by atoms with van der Waals surface area (Å²) in [6.45, 7) is 3.12. The molecule has 0 fully saturated rings. The van der Waals surface area contributed by atoms with Crippen LogP contribution in [0.25, 0.3) is 10.9 Å². The summed E-state index contributed by atoms with van der Waals surface area (Å²) < 4.78 is 1.03. The first-order valence-electron chi connectivity index (χ1n) is 7.42. The number of para-hydroxylation sites is 1. The van der Waals surface area contributed by atoms with Crippen LogP contribution < -0.4 is 5.32 Å². The van der Waals surface area contributed by atoms with E-state index in [2.05, 4.69) is 32.3 Å². The average molecular weight is 364 g/mol. The highest BCUT2D eigenvalue weighted by Crippen LogP contribution is 2.31. The Labute approximate surface area is 137 Å². The minimum absolute atomic E-state index is 0.0307. The van der Waals surface area contributed by atoms with E-state index in [0.717, 1.165) is 21.8 Å². The summed E-state index contributed by atoms with van der Waals surface area (Å²) in [5.41, 5.74) is 3.46. The van der Waals surface area contributed by atoms with Crippen molar-refractivity contribution in [2.24, 2.45) is 0 Å². The predicted octanol–water partition coefficient (Wildman–Crippen LogP) is 2.34. The van der Waals surface area contributed by atoms with Crippen LogP contribution in [0.3, 0.4) is 0 Å². The van der Waals surface area contributed by atoms with Gasteiger partial charge in [-0.2, -0.15) is 0 Å². The molecule has 3 rings (SSSR count). The summed E-state index contributed by atoms with van der Waals surface area (Å²) in [5, 5.41) is 3.80. The monoisotopic (exact) mass is 363 g/mol. The highest BCUT2D eigenvalue weighted by atomic mass is 79.9. The summed E-state index contributed by atoms with van der Waals surface area (Å²) in [7, 11) is 0. The molecule has 0 saturated carbocycles. The van der Waals surface area contributed by atoms with Crippen molar-refractivity contribution < 1.29 is 9.59 Å². The Hall–Kier alpha value is -1.82. The molecule has 0 atom stereocenters. The number of aromatic amines is 1. The number of amides is 2. The molecule has 0 unspecified atom stereocenters. The van der Waals surface area contributed by atoms with Crippen molar-refractivity contribution in [3.8, 4) is 0 Å². The first-order chi connectivity index (χ1) is 10.6. The van der Waals surface area contributed by atoms with Crippen molar-refractivity contribution in [1.82, 2.24) is 15.2 Å². The molecule has 0 bridgehead atoms. The molecule has 2 N–H and O–H groups in total. The SMILES string of the molecule is CCC(=O)NCC(=O)N1CCc2[nH]c3c(Br)cccc3c2C1. The molecule has 2 heterocycles. The van der Waals surface area contributed by atoms with Gasteiger partial charge in [-0.15, -0.1) is 0 Å². The fourth-order valence-corrected chi connectivity index (χ4v) is 3.29. The second-order valence-corrected chi connectivity index (χ2v) is 6.29. The number of nitrogens with one attached hydrogen (secondary N) is 2. The van der Waals surface area contributed by atoms with E-state index in [9.17, 15) is 9.59 Å². The molecule has 5 nitrogen and oxygen atoms in total. The van der Waals surface area contributed by atoms with Crippen molar-refractivity contribution in [3.05, 3.63) is 33.9 Å². The molecule has 0 saturated heterocycles. The fraction of sp³-hybridized carbons (Fsp3) is 0.375. The van der Waals surface area contributed by atoms with Crippen LogP contribution in [0.5, 0.6) is 0 Å². The maximum atomic E-state index is 12.2. The fourth-order valence-electron chi connectivity index (χ4n) is 2.83. The Morgan fingerprint density at radius 1 is 1.41 bits per heavy atom. The van der Waals surface area contributed by atoms with E-state index < -0.39 is 0 Å². The van der Waals surface area contributed by atoms with E-state index in [1.807, 2.05) is 17.0 Å². The van der Waals surface area contributed by atoms with Crippen LogP contribution in [0, 0.1) is 0 Å². The minimum atomic E-state index is -0.0953. The lowest BCUT2D eigenvalue weighted by Gasteiger charge is -2.27. The van der Waals surface area contributed by atoms with Gasteiger partial charge in [-0.05, 0) is 22.0 Å². The summed E-state index contributed by atoms with van der Waals surface area (Å²) in [4.78, 5) is 28.8. The smallest absolute Gasteiger partial charge is 0.242 e. The maximum Gasteiger partial charge on any atom is 0.242 e. The lowest BCUT2D eigenvalue weighted by atomic mass is 10.0. The number of carbonyl (C=O) groups excluding carboxylic acids is 2. The minimum Gasteiger partial charge on any atom is -0.357 e. The van der Waals surface area contributed by atoms with Crippen molar-refractivity contribution in [2.75, 3.05) is 13.1 Å². The van der Waals surface area contributed by atoms with Gasteiger partial charge in [0.15, 0.2) is 0 Å². The van der Waals surface area contributed by atoms with Crippen LogP contribution in [0.2, 0.25) is 0 Å². The molecular weight excluding hydrogens is 346 g/mol. The highest BCUT2D eigenvalue weighted by molar-refractivity contribution is 9.10. The van der Waals surface area contributed by atoms with Crippen LogP contribution in [-0.4, -0.2) is 34.8 Å². The lowest BCUT2D eigenvalue weighted by molar-refractivity contribution is -0.133. The van der Waals surface area contributed by atoms with E-state index in [1.165, 1.54) is 11.3 Å². The van der Waals surface area contributed by atoms with Gasteiger partial charge in [0, 0.05) is 47.0 Å². The quantitative estimate of drug-likeness (QED) is 0.878. The number of H-pyrrole nitrogens is 1. The first kappa shape index (κ1) is 15.1. The van der Waals surface area contributed by atoms with E-state index in [1.54, 1.807) is 6.92 Å². The number of fused-ring (bicyclic) bond motifs is 3. The third-order valence-corrected chi connectivity index (χ3v) is 4.73. The van der Waals surface area contributed by atoms with Gasteiger partial charge in [-0.1, -0.05) is 19.1 Å². The number of hydrogen-bond acceptors (Lipinski definition) is 2. The molecule has 0 radical (unpaired) electrons. The summed E-state index contributed by atoms with van der Waals surface area (Å²) in [5.74, 6) is -0.126. The van der Waals surface area contributed by atoms with Gasteiger partial charge in [0.2, 0.25) is 11.8 Å². The van der Waals surface area contributed by atoms with Crippen molar-refractivity contribution in [2.45, 2.75) is 26.3 Å². The third-order valence-electron chi connectivity index (χ3n) is 4.07. The van der Waals surface area contributed by atoms with E-state index in [0.29, 0.717) is 19.5 Å². The van der Waals surface area contributed by atoms with Gasteiger partial charge < -0.3 is 15.2 Å². The Morgan fingerprint density at radius 2 is 2.23 bits per heavy atom. The zero-order valence-corrected chi connectivity index (χ0v) is 14.0. The molecule has 1 aromatic heterocycles. The van der Waals surface area contributed by atoms with E-state index in [-0.39, 0.29) is 18.4 Å². The van der Waals surface area contributed by atoms with E-state index >= 15 is 0 Å². The van der Waals surface area contributed by atoms with Crippen molar-refractivity contribution >= 4 is 38.6 Å². The second kappa shape index (κ2) is 6.12. The van der Waals surface area contributed by atoms with Crippen LogP contribution in [0.4, 0.5) is 0 Å². The van der Waals surface area contributed by atoms with E-state index in [4.69, 9.17) is 0 Å². The predicted molar refractivity (Wildman–Crippen MR) is 88.4 cm³/mol. The molecule has 1 aliphatic heterocycles. The zero-order valence-electron chi connectivity index (χ0n) is 12.4. The molecule has 0 spiro atoms. The van der Waals surface area contributed by atoms with Gasteiger partial charge in [-0.3, -0.25) is 9.59 Å². The molecule has 22 heavy (non-hydrogen) atoms. The number of rotatable bonds is 3. The first-order valence-corrected chi connectivity index (χ1v) is 8.22. The average Bonchev–Trinajstić information content (AvgIpc) is 2.91. The Balaban J connectivity index is 1.78. The molecule has 0 aliphatic carbocycles. The van der Waals surface area contributed by atoms with Crippen molar-refractivity contribution in [1.29, 1.82) is 0 Å². The Kier molecular flexibility index (Phi) is 4.20. The summed E-state index contributed by atoms with van der Waals surface area (Å²) >= 11 is 3.56. The second-order valence-electron chi connectivity index (χ2n) is 5.44. The van der Waals surface area contributed by atoms with Gasteiger partial charge in [-0.25, -0.2) is 0 Å². The number of carbonyl (C=O) groups is 2. The number of halogens is 1. The number of benzene rings is 1. The Morgan fingerprint density at radius 3 is 3.00 bits per heavy atom. The van der Waals surface area contributed by atoms with Crippen LogP contribution >= 0.6 is 15.9 Å². The zero-order chi connectivity index (χ0) is 15.7. The molecule has 2 aromatic rings. The van der Waals surface area contributed by atoms with Gasteiger partial charge in [0.25, 0.3) is 0 Å². The van der Waals surface area contributed by atoms with Crippen LogP contribution in [-0.2, 0) is 22.6 Å². The molecule has 116 valence electrons. The summed E-state index contributed by atoms with van der Waals surface area (Å²) in [6, 6.07) is 6.08. The highest BCUT2D eigenvalue weighted by Gasteiger charge is 2.24. The molecule has 6 heteroatoms. The van der Waals surface area contributed by atoms with Gasteiger partial charge in [0.05, 0.1) is 12.1 Å². The number of nitrogens with zero attached hydrogens (tertiary/aromatic N) is 1. The maximum absolute atomic E-state index is 12.2. The molecule has 1 aliphatic rings. The standard InChI is InChI=1S/C16H18BrN3O2/c1-2-14(21)18-8-15(22)20-7-6-13-11(9-20)10-4-3-5-12(17)16(10)19-13/h3-5,19H,2,6-9H2,1H3,(H,18,21). The van der Waals surface area contributed by atoms with Crippen molar-refractivity contribution in [3.63, 3.8) is 0 Å². The third kappa shape index (κ3) is 2.75. The lowest BCUT2D eigenvalue weighted by Crippen LogP contribution is -2.42. The Bertz CT molecular complexity index is 738. The topological polar surface area (TPSA) is 65.2 Å². The number of aromatic nitrogens is 1. The van der Waals surface area contributed by atoms with Gasteiger partial charge in [0.1, 0.15) is 0 Å². The molecular formula is C16H18BrN3O2.